The summed E-state index contributed by atoms with van der Waals surface area (Å²) < 4.78 is 9.64. The van der Waals surface area contributed by atoms with Crippen LogP contribution < -0.4 is 0 Å². The summed E-state index contributed by atoms with van der Waals surface area (Å²) in [4.78, 5) is 22.8. The lowest BCUT2D eigenvalue weighted by molar-refractivity contribution is -0.141. The molecule has 0 rings (SSSR count). The second kappa shape index (κ2) is 10.2. The van der Waals surface area contributed by atoms with Crippen molar-refractivity contribution in [3.63, 3.8) is 0 Å². The summed E-state index contributed by atoms with van der Waals surface area (Å²) in [5.41, 5.74) is 0. The van der Waals surface area contributed by atoms with Gasteiger partial charge in [-0.2, -0.15) is 0 Å². The second-order valence-corrected chi connectivity index (χ2v) is 4.36. The topological polar surface area (TPSA) is 52.6 Å². The summed E-state index contributed by atoms with van der Waals surface area (Å²) >= 11 is 11.3. The molecule has 0 aromatic heterocycles. The Hall–Kier alpha value is -0.740. The molecule has 104 valence electrons. The Morgan fingerprint density at radius 2 is 1.17 bits per heavy atom. The number of carbonyl (C=O) groups excluding carboxylic acids is 2. The molecule has 0 amide bonds. The van der Waals surface area contributed by atoms with Gasteiger partial charge in [0.25, 0.3) is 0 Å². The van der Waals surface area contributed by atoms with Crippen LogP contribution in [-0.4, -0.2) is 25.2 Å². The molecule has 0 aliphatic rings. The van der Waals surface area contributed by atoms with Crippen molar-refractivity contribution in [2.24, 2.45) is 0 Å². The molecule has 0 aromatic carbocycles. The van der Waals surface area contributed by atoms with E-state index in [0.29, 0.717) is 0 Å². The van der Waals surface area contributed by atoms with Crippen LogP contribution in [0.5, 0.6) is 0 Å². The Morgan fingerprint density at radius 1 is 0.833 bits per heavy atom. The molecule has 6 heteroatoms. The minimum absolute atomic E-state index is 0.251. The summed E-state index contributed by atoms with van der Waals surface area (Å²) in [6, 6.07) is 0. The van der Waals surface area contributed by atoms with Gasteiger partial charge in [-0.25, -0.2) is 9.59 Å². The van der Waals surface area contributed by atoms with Gasteiger partial charge in [0.05, 0.1) is 13.2 Å². The zero-order chi connectivity index (χ0) is 14.0. The van der Waals surface area contributed by atoms with Gasteiger partial charge in [-0.1, -0.05) is 49.9 Å². The quantitative estimate of drug-likeness (QED) is 0.391. The smallest absolute Gasteiger partial charge is 0.351 e. The molecule has 0 radical (unpaired) electrons. The van der Waals surface area contributed by atoms with Crippen LogP contribution >= 0.6 is 23.2 Å². The number of esters is 2. The third kappa shape index (κ3) is 6.87. The Morgan fingerprint density at radius 3 is 1.44 bits per heavy atom. The fourth-order valence-electron chi connectivity index (χ4n) is 0.924. The first kappa shape index (κ1) is 17.3. The van der Waals surface area contributed by atoms with E-state index < -0.39 is 22.0 Å². The zero-order valence-electron chi connectivity index (χ0n) is 10.6. The lowest BCUT2D eigenvalue weighted by Crippen LogP contribution is -2.12. The highest BCUT2D eigenvalue weighted by Gasteiger charge is 2.20. The number of rotatable bonds is 8. The molecule has 0 unspecified atom stereocenters. The maximum atomic E-state index is 11.4. The number of hydrogen-bond donors (Lipinski definition) is 0. The van der Waals surface area contributed by atoms with E-state index in [2.05, 4.69) is 0 Å². The van der Waals surface area contributed by atoms with E-state index in [9.17, 15) is 9.59 Å². The maximum Gasteiger partial charge on any atom is 0.351 e. The van der Waals surface area contributed by atoms with Crippen molar-refractivity contribution in [1.29, 1.82) is 0 Å². The van der Waals surface area contributed by atoms with E-state index in [1.54, 1.807) is 0 Å². The molecule has 0 aliphatic carbocycles. The summed E-state index contributed by atoms with van der Waals surface area (Å²) in [5.74, 6) is -1.61. The molecule has 0 aliphatic heterocycles. The molecule has 0 aromatic rings. The molecule has 0 saturated carbocycles. The molecule has 0 N–H and O–H groups in total. The van der Waals surface area contributed by atoms with Crippen molar-refractivity contribution in [1.82, 2.24) is 0 Å². The number of hydrogen-bond acceptors (Lipinski definition) is 4. The van der Waals surface area contributed by atoms with Gasteiger partial charge in [-0.3, -0.25) is 0 Å². The molecule has 0 spiro atoms. The van der Waals surface area contributed by atoms with Crippen LogP contribution in [0, 0.1) is 0 Å². The van der Waals surface area contributed by atoms with Crippen molar-refractivity contribution in [2.75, 3.05) is 13.2 Å². The number of unbranched alkanes of at least 4 members (excludes halogenated alkanes) is 2. The van der Waals surface area contributed by atoms with Crippen molar-refractivity contribution in [3.05, 3.63) is 10.1 Å². The molecule has 18 heavy (non-hydrogen) atoms. The van der Waals surface area contributed by atoms with Gasteiger partial charge in [0.15, 0.2) is 10.1 Å². The summed E-state index contributed by atoms with van der Waals surface area (Å²) in [7, 11) is 0. The fourth-order valence-corrected chi connectivity index (χ4v) is 1.19. The largest absolute Gasteiger partial charge is 0.461 e. The van der Waals surface area contributed by atoms with E-state index in [1.807, 2.05) is 13.8 Å². The Kier molecular flexibility index (Phi) is 9.79. The van der Waals surface area contributed by atoms with Gasteiger partial charge in [0.2, 0.25) is 0 Å². The van der Waals surface area contributed by atoms with Crippen LogP contribution in [0.4, 0.5) is 0 Å². The Bertz CT molecular complexity index is 283. The first-order chi connectivity index (χ1) is 8.54. The first-order valence-electron chi connectivity index (χ1n) is 5.94. The van der Waals surface area contributed by atoms with Gasteiger partial charge < -0.3 is 9.47 Å². The Labute approximate surface area is 117 Å². The summed E-state index contributed by atoms with van der Waals surface area (Å²) in [5, 5.41) is -0.872. The van der Waals surface area contributed by atoms with E-state index in [4.69, 9.17) is 32.7 Å². The van der Waals surface area contributed by atoms with Crippen molar-refractivity contribution < 1.29 is 19.1 Å². The zero-order valence-corrected chi connectivity index (χ0v) is 12.1. The molecule has 0 fully saturated rings. The standard InChI is InChI=1S/C12H18Cl2O4/c1-3-5-7-17-11(15)9(13)10(14)12(16)18-8-6-4-2/h3-8H2,1-2H3. The molecule has 4 nitrogen and oxygen atoms in total. The normalized spacial score (nSPS) is 11.8. The molecule has 0 atom stereocenters. The van der Waals surface area contributed by atoms with Crippen LogP contribution in [0.3, 0.4) is 0 Å². The highest BCUT2D eigenvalue weighted by atomic mass is 35.5. The monoisotopic (exact) mass is 296 g/mol. The Balaban J connectivity index is 4.30. The van der Waals surface area contributed by atoms with Crippen molar-refractivity contribution in [3.8, 4) is 0 Å². The third-order valence-corrected chi connectivity index (χ3v) is 2.80. The van der Waals surface area contributed by atoms with Crippen LogP contribution in [0.2, 0.25) is 0 Å². The SMILES string of the molecule is CCCCOC(=O)C(Cl)=C(Cl)C(=O)OCCCC. The van der Waals surface area contributed by atoms with Gasteiger partial charge in [-0.05, 0) is 12.8 Å². The van der Waals surface area contributed by atoms with E-state index in [-0.39, 0.29) is 13.2 Å². The number of halogens is 2. The number of carbonyl (C=O) groups is 2. The highest BCUT2D eigenvalue weighted by Crippen LogP contribution is 2.17. The lowest BCUT2D eigenvalue weighted by atomic mass is 10.3. The average molecular weight is 297 g/mol. The summed E-state index contributed by atoms with van der Waals surface area (Å²) in [6.07, 6.45) is 3.24. The van der Waals surface area contributed by atoms with Gasteiger partial charge in [0.1, 0.15) is 0 Å². The van der Waals surface area contributed by atoms with Gasteiger partial charge >= 0.3 is 11.9 Å². The van der Waals surface area contributed by atoms with Crippen LogP contribution in [-0.2, 0) is 19.1 Å². The van der Waals surface area contributed by atoms with E-state index in [0.717, 1.165) is 25.7 Å². The van der Waals surface area contributed by atoms with Gasteiger partial charge in [0, 0.05) is 0 Å². The molecular weight excluding hydrogens is 279 g/mol. The highest BCUT2D eigenvalue weighted by molar-refractivity contribution is 6.53. The third-order valence-electron chi connectivity index (χ3n) is 2.01. The van der Waals surface area contributed by atoms with Crippen LogP contribution in [0.25, 0.3) is 0 Å². The lowest BCUT2D eigenvalue weighted by Gasteiger charge is -2.05. The van der Waals surface area contributed by atoms with Crippen molar-refractivity contribution >= 4 is 35.1 Å². The average Bonchev–Trinajstić information content (AvgIpc) is 2.37. The second-order valence-electron chi connectivity index (χ2n) is 3.61. The maximum absolute atomic E-state index is 11.4. The first-order valence-corrected chi connectivity index (χ1v) is 6.69. The predicted octanol–water partition coefficient (Wildman–Crippen LogP) is 3.36. The molecule has 0 saturated heterocycles. The van der Waals surface area contributed by atoms with E-state index >= 15 is 0 Å². The minimum atomic E-state index is -0.803. The summed E-state index contributed by atoms with van der Waals surface area (Å²) in [6.45, 7) is 4.42. The van der Waals surface area contributed by atoms with Gasteiger partial charge in [-0.15, -0.1) is 0 Å². The molecular formula is C12H18Cl2O4. The van der Waals surface area contributed by atoms with Crippen LogP contribution in [0.1, 0.15) is 39.5 Å². The predicted molar refractivity (Wildman–Crippen MR) is 70.5 cm³/mol. The van der Waals surface area contributed by atoms with Crippen LogP contribution in [0.15, 0.2) is 10.1 Å². The fraction of sp³-hybridized carbons (Fsp3) is 0.667. The molecule has 0 bridgehead atoms. The molecule has 0 heterocycles. The minimum Gasteiger partial charge on any atom is -0.461 e. The number of ether oxygens (including phenoxy) is 2. The van der Waals surface area contributed by atoms with E-state index in [1.165, 1.54) is 0 Å². The van der Waals surface area contributed by atoms with Crippen molar-refractivity contribution in [2.45, 2.75) is 39.5 Å².